The van der Waals surface area contributed by atoms with E-state index in [4.69, 9.17) is 4.74 Å². The third-order valence-electron chi connectivity index (χ3n) is 2.96. The molecule has 0 spiro atoms. The minimum absolute atomic E-state index is 0.0264. The van der Waals surface area contributed by atoms with E-state index in [0.29, 0.717) is 5.75 Å². The van der Waals surface area contributed by atoms with Crippen LogP contribution in [0, 0.1) is 5.82 Å². The van der Waals surface area contributed by atoms with Crippen LogP contribution in [0.25, 0.3) is 0 Å². The van der Waals surface area contributed by atoms with Crippen molar-refractivity contribution in [1.29, 1.82) is 0 Å². The highest BCUT2D eigenvalue weighted by atomic mass is 19.1. The predicted octanol–water partition coefficient (Wildman–Crippen LogP) is 1.31. The van der Waals surface area contributed by atoms with Gasteiger partial charge in [-0.15, -0.1) is 0 Å². The second kappa shape index (κ2) is 4.16. The fraction of sp³-hybridized carbons (Fsp3) is 0.333. The maximum absolute atomic E-state index is 13.8. The van der Waals surface area contributed by atoms with Gasteiger partial charge < -0.3 is 4.74 Å². The number of carbonyl (C=O) groups excluding carboxylic acids is 2. The molecule has 2 amide bonds. The fourth-order valence-electron chi connectivity index (χ4n) is 1.92. The number of ether oxygens (including phenoxy) is 1. The van der Waals surface area contributed by atoms with Crippen LogP contribution in [0.4, 0.5) is 4.39 Å². The van der Waals surface area contributed by atoms with Gasteiger partial charge in [0.25, 0.3) is 0 Å². The highest BCUT2D eigenvalue weighted by molar-refractivity contribution is 6.05. The van der Waals surface area contributed by atoms with Gasteiger partial charge in [-0.2, -0.15) is 0 Å². The quantitative estimate of drug-likeness (QED) is 0.728. The minimum Gasteiger partial charge on any atom is -0.497 e. The zero-order valence-electron chi connectivity index (χ0n) is 9.57. The summed E-state index contributed by atoms with van der Waals surface area (Å²) in [6.07, 6.45) is 0.0264. The first-order chi connectivity index (χ1) is 8.04. The van der Waals surface area contributed by atoms with Crippen LogP contribution in [0.1, 0.15) is 17.9 Å². The highest BCUT2D eigenvalue weighted by Crippen LogP contribution is 2.31. The van der Waals surface area contributed by atoms with Crippen molar-refractivity contribution >= 4 is 11.8 Å². The van der Waals surface area contributed by atoms with Crippen LogP contribution in [0.2, 0.25) is 0 Å². The molecule has 1 aromatic rings. The Balaban J connectivity index is 2.36. The SMILES string of the molecule is COc1ccc(C2CC(=O)N(C)C2=O)c(F)c1. The third kappa shape index (κ3) is 1.88. The fourth-order valence-corrected chi connectivity index (χ4v) is 1.92. The summed E-state index contributed by atoms with van der Waals surface area (Å²) in [5, 5.41) is 0. The molecular weight excluding hydrogens is 225 g/mol. The Morgan fingerprint density at radius 3 is 2.59 bits per heavy atom. The number of hydrogen-bond acceptors (Lipinski definition) is 3. The monoisotopic (exact) mass is 237 g/mol. The van der Waals surface area contributed by atoms with Gasteiger partial charge in [0, 0.05) is 25.1 Å². The molecule has 17 heavy (non-hydrogen) atoms. The van der Waals surface area contributed by atoms with Gasteiger partial charge in [0.15, 0.2) is 0 Å². The summed E-state index contributed by atoms with van der Waals surface area (Å²) >= 11 is 0. The van der Waals surface area contributed by atoms with Crippen molar-refractivity contribution in [2.45, 2.75) is 12.3 Å². The summed E-state index contributed by atoms with van der Waals surface area (Å²) < 4.78 is 18.6. The van der Waals surface area contributed by atoms with Gasteiger partial charge in [-0.1, -0.05) is 6.07 Å². The topological polar surface area (TPSA) is 46.6 Å². The Hall–Kier alpha value is -1.91. The summed E-state index contributed by atoms with van der Waals surface area (Å²) in [5.74, 6) is -1.49. The first-order valence-electron chi connectivity index (χ1n) is 5.18. The number of likely N-dealkylation sites (N-methyl/N-ethyl adjacent to an activating group) is 1. The van der Waals surface area contributed by atoms with Gasteiger partial charge in [-0.05, 0) is 6.07 Å². The number of carbonyl (C=O) groups is 2. The van der Waals surface area contributed by atoms with Crippen LogP contribution in [0.15, 0.2) is 18.2 Å². The van der Waals surface area contributed by atoms with Gasteiger partial charge in [-0.25, -0.2) is 4.39 Å². The molecule has 1 unspecified atom stereocenters. The molecule has 1 saturated heterocycles. The molecule has 0 N–H and O–H groups in total. The number of amides is 2. The molecule has 90 valence electrons. The van der Waals surface area contributed by atoms with Crippen molar-refractivity contribution < 1.29 is 18.7 Å². The molecule has 1 aromatic carbocycles. The molecule has 0 radical (unpaired) electrons. The first-order valence-corrected chi connectivity index (χ1v) is 5.18. The largest absolute Gasteiger partial charge is 0.497 e. The lowest BCUT2D eigenvalue weighted by Gasteiger charge is -2.10. The molecule has 1 heterocycles. The van der Waals surface area contributed by atoms with E-state index in [-0.39, 0.29) is 23.8 Å². The number of methoxy groups -OCH3 is 1. The molecule has 1 atom stereocenters. The maximum atomic E-state index is 13.8. The van der Waals surface area contributed by atoms with Crippen molar-refractivity contribution in [3.05, 3.63) is 29.6 Å². The van der Waals surface area contributed by atoms with E-state index in [0.717, 1.165) is 4.90 Å². The summed E-state index contributed by atoms with van der Waals surface area (Å²) in [5.41, 5.74) is 0.244. The lowest BCUT2D eigenvalue weighted by Crippen LogP contribution is -2.25. The number of likely N-dealkylation sites (tertiary alicyclic amines) is 1. The number of hydrogen-bond donors (Lipinski definition) is 0. The number of benzene rings is 1. The van der Waals surface area contributed by atoms with Crippen LogP contribution >= 0.6 is 0 Å². The molecule has 0 saturated carbocycles. The molecule has 1 aliphatic rings. The predicted molar refractivity (Wildman–Crippen MR) is 58.1 cm³/mol. The van der Waals surface area contributed by atoms with Gasteiger partial charge in [0.1, 0.15) is 11.6 Å². The number of halogens is 1. The Morgan fingerprint density at radius 2 is 2.12 bits per heavy atom. The molecule has 5 heteroatoms. The van der Waals surface area contributed by atoms with Crippen molar-refractivity contribution in [2.75, 3.05) is 14.2 Å². The van der Waals surface area contributed by atoms with Crippen LogP contribution in [0.5, 0.6) is 5.75 Å². The number of rotatable bonds is 2. The Labute approximate surface area is 98.0 Å². The van der Waals surface area contributed by atoms with Gasteiger partial charge in [-0.3, -0.25) is 14.5 Å². The smallest absolute Gasteiger partial charge is 0.237 e. The van der Waals surface area contributed by atoms with Gasteiger partial charge in [0.2, 0.25) is 11.8 Å². The van der Waals surface area contributed by atoms with Gasteiger partial charge in [0.05, 0.1) is 13.0 Å². The molecule has 0 aromatic heterocycles. The Bertz CT molecular complexity index is 487. The van der Waals surface area contributed by atoms with Crippen molar-refractivity contribution in [2.24, 2.45) is 0 Å². The van der Waals surface area contributed by atoms with Crippen LogP contribution in [0.3, 0.4) is 0 Å². The van der Waals surface area contributed by atoms with E-state index in [2.05, 4.69) is 0 Å². The second-order valence-electron chi connectivity index (χ2n) is 3.94. The molecule has 2 rings (SSSR count). The van der Waals surface area contributed by atoms with E-state index in [1.807, 2.05) is 0 Å². The normalized spacial score (nSPS) is 19.9. The zero-order valence-corrected chi connectivity index (χ0v) is 9.57. The van der Waals surface area contributed by atoms with Crippen molar-refractivity contribution in [3.63, 3.8) is 0 Å². The Kier molecular flexibility index (Phi) is 2.83. The minimum atomic E-state index is -0.710. The zero-order chi connectivity index (χ0) is 12.6. The highest BCUT2D eigenvalue weighted by Gasteiger charge is 2.38. The van der Waals surface area contributed by atoms with Gasteiger partial charge >= 0.3 is 0 Å². The van der Waals surface area contributed by atoms with E-state index in [1.165, 1.54) is 26.3 Å². The average Bonchev–Trinajstić information content (AvgIpc) is 2.57. The lowest BCUT2D eigenvalue weighted by molar-refractivity contribution is -0.137. The second-order valence-corrected chi connectivity index (χ2v) is 3.94. The average molecular weight is 237 g/mol. The summed E-state index contributed by atoms with van der Waals surface area (Å²) in [6.45, 7) is 0. The Morgan fingerprint density at radius 1 is 1.41 bits per heavy atom. The molecule has 4 nitrogen and oxygen atoms in total. The van der Waals surface area contributed by atoms with E-state index in [1.54, 1.807) is 6.07 Å². The van der Waals surface area contributed by atoms with E-state index < -0.39 is 11.7 Å². The first kappa shape index (κ1) is 11.6. The summed E-state index contributed by atoms with van der Waals surface area (Å²) in [4.78, 5) is 24.1. The van der Waals surface area contributed by atoms with E-state index in [9.17, 15) is 14.0 Å². The molecule has 0 aliphatic carbocycles. The molecule has 1 aliphatic heterocycles. The number of imide groups is 1. The summed E-state index contributed by atoms with van der Waals surface area (Å²) in [7, 11) is 2.85. The summed E-state index contributed by atoms with van der Waals surface area (Å²) in [6, 6.07) is 4.28. The molecular formula is C12H12FNO3. The van der Waals surface area contributed by atoms with Crippen LogP contribution in [-0.4, -0.2) is 30.9 Å². The van der Waals surface area contributed by atoms with Crippen LogP contribution < -0.4 is 4.74 Å². The van der Waals surface area contributed by atoms with Crippen LogP contribution in [-0.2, 0) is 9.59 Å². The lowest BCUT2D eigenvalue weighted by atomic mass is 9.97. The van der Waals surface area contributed by atoms with Crippen molar-refractivity contribution in [3.8, 4) is 5.75 Å². The maximum Gasteiger partial charge on any atom is 0.237 e. The van der Waals surface area contributed by atoms with E-state index >= 15 is 0 Å². The third-order valence-corrected chi connectivity index (χ3v) is 2.96. The molecule has 1 fully saturated rings. The number of nitrogens with zero attached hydrogens (tertiary/aromatic N) is 1. The molecule has 0 bridgehead atoms. The van der Waals surface area contributed by atoms with Crippen molar-refractivity contribution in [1.82, 2.24) is 4.90 Å². The standard InChI is InChI=1S/C12H12FNO3/c1-14-11(15)6-9(12(14)16)8-4-3-7(17-2)5-10(8)13/h3-5,9H,6H2,1-2H3.